The second-order valence-electron chi connectivity index (χ2n) is 4.41. The van der Waals surface area contributed by atoms with E-state index < -0.39 is 0 Å². The van der Waals surface area contributed by atoms with Crippen LogP contribution in [0.2, 0.25) is 0 Å². The van der Waals surface area contributed by atoms with E-state index in [1.54, 1.807) is 0 Å². The summed E-state index contributed by atoms with van der Waals surface area (Å²) in [4.78, 5) is 4.06. The van der Waals surface area contributed by atoms with Gasteiger partial charge in [0.1, 0.15) is 0 Å². The van der Waals surface area contributed by atoms with Gasteiger partial charge < -0.3 is 9.88 Å². The summed E-state index contributed by atoms with van der Waals surface area (Å²) in [5.74, 6) is 2.44. The Morgan fingerprint density at radius 1 is 1.37 bits per heavy atom. The van der Waals surface area contributed by atoms with Crippen molar-refractivity contribution in [3.63, 3.8) is 0 Å². The number of hydrogen-bond acceptors (Lipinski definition) is 3. The first-order chi connectivity index (χ1) is 9.38. The fourth-order valence-electron chi connectivity index (χ4n) is 1.92. The van der Waals surface area contributed by atoms with Crippen molar-refractivity contribution in [3.8, 4) is 0 Å². The van der Waals surface area contributed by atoms with Crippen LogP contribution < -0.4 is 5.32 Å². The molecule has 0 radical (unpaired) electrons. The summed E-state index contributed by atoms with van der Waals surface area (Å²) < 4.78 is 2.08. The smallest absolute Gasteiger partial charge is 0.0949 e. The maximum atomic E-state index is 4.06. The van der Waals surface area contributed by atoms with Crippen molar-refractivity contribution in [1.29, 1.82) is 0 Å². The first-order valence-corrected chi connectivity index (χ1v) is 7.90. The van der Waals surface area contributed by atoms with Gasteiger partial charge in [-0.1, -0.05) is 19.1 Å². The summed E-state index contributed by atoms with van der Waals surface area (Å²) >= 11 is 2.00. The summed E-state index contributed by atoms with van der Waals surface area (Å²) in [6.07, 6.45) is 6.86. The van der Waals surface area contributed by atoms with Crippen LogP contribution in [0.4, 0.5) is 5.69 Å². The van der Waals surface area contributed by atoms with Gasteiger partial charge in [-0.3, -0.25) is 0 Å². The molecule has 19 heavy (non-hydrogen) atoms. The summed E-state index contributed by atoms with van der Waals surface area (Å²) in [5, 5.41) is 3.49. The summed E-state index contributed by atoms with van der Waals surface area (Å²) in [7, 11) is 0. The van der Waals surface area contributed by atoms with Gasteiger partial charge in [-0.2, -0.15) is 11.8 Å². The average Bonchev–Trinajstić information content (AvgIpc) is 2.92. The maximum absolute atomic E-state index is 4.06. The van der Waals surface area contributed by atoms with Gasteiger partial charge in [-0.25, -0.2) is 4.98 Å². The van der Waals surface area contributed by atoms with Crippen molar-refractivity contribution in [3.05, 3.63) is 48.5 Å². The topological polar surface area (TPSA) is 29.9 Å². The highest BCUT2D eigenvalue weighted by molar-refractivity contribution is 7.99. The molecule has 1 aromatic heterocycles. The van der Waals surface area contributed by atoms with Crippen molar-refractivity contribution in [1.82, 2.24) is 9.55 Å². The third-order valence-electron chi connectivity index (χ3n) is 2.85. The molecule has 0 unspecified atom stereocenters. The van der Waals surface area contributed by atoms with Crippen LogP contribution >= 0.6 is 11.8 Å². The lowest BCUT2D eigenvalue weighted by atomic mass is 10.2. The minimum absolute atomic E-state index is 0.876. The molecule has 0 aliphatic heterocycles. The molecule has 102 valence electrons. The summed E-state index contributed by atoms with van der Waals surface area (Å²) in [5.41, 5.74) is 2.50. The standard InChI is InChI=1S/C15H21N3S/c1-2-19-10-4-7-17-15-6-3-5-14(11-15)12-18-9-8-16-13-18/h3,5-6,8-9,11,13,17H,2,4,7,10,12H2,1H3. The van der Waals surface area contributed by atoms with Gasteiger partial charge in [-0.05, 0) is 35.6 Å². The third kappa shape index (κ3) is 4.99. The van der Waals surface area contributed by atoms with Gasteiger partial charge in [0.25, 0.3) is 0 Å². The number of anilines is 1. The van der Waals surface area contributed by atoms with E-state index in [0.29, 0.717) is 0 Å². The lowest BCUT2D eigenvalue weighted by Gasteiger charge is -2.08. The third-order valence-corrected chi connectivity index (χ3v) is 3.84. The molecule has 1 aromatic carbocycles. The molecule has 0 fully saturated rings. The predicted molar refractivity (Wildman–Crippen MR) is 83.9 cm³/mol. The lowest BCUT2D eigenvalue weighted by molar-refractivity contribution is 0.797. The van der Waals surface area contributed by atoms with Gasteiger partial charge in [0.2, 0.25) is 0 Å². The van der Waals surface area contributed by atoms with Gasteiger partial charge in [-0.15, -0.1) is 0 Å². The highest BCUT2D eigenvalue weighted by atomic mass is 32.2. The molecule has 2 rings (SSSR count). The normalized spacial score (nSPS) is 10.6. The van der Waals surface area contributed by atoms with Crippen LogP contribution in [0.5, 0.6) is 0 Å². The molecular weight excluding hydrogens is 254 g/mol. The molecule has 0 saturated heterocycles. The van der Waals surface area contributed by atoms with Gasteiger partial charge >= 0.3 is 0 Å². The van der Waals surface area contributed by atoms with E-state index in [-0.39, 0.29) is 0 Å². The van der Waals surface area contributed by atoms with Crippen LogP contribution in [-0.2, 0) is 6.54 Å². The SMILES string of the molecule is CCSCCCNc1cccc(Cn2ccnc2)c1. The molecule has 4 heteroatoms. The first kappa shape index (κ1) is 14.0. The fourth-order valence-corrected chi connectivity index (χ4v) is 2.56. The number of imidazole rings is 1. The Morgan fingerprint density at radius 2 is 2.32 bits per heavy atom. The molecule has 0 spiro atoms. The quantitative estimate of drug-likeness (QED) is 0.748. The Kier molecular flexibility index (Phi) is 5.82. The van der Waals surface area contributed by atoms with Crippen LogP contribution in [0.3, 0.4) is 0 Å². The molecule has 0 atom stereocenters. The van der Waals surface area contributed by atoms with E-state index in [1.165, 1.54) is 29.2 Å². The zero-order chi connectivity index (χ0) is 13.3. The molecule has 1 heterocycles. The molecule has 3 nitrogen and oxygen atoms in total. The van der Waals surface area contributed by atoms with Crippen LogP contribution in [0.15, 0.2) is 43.0 Å². The van der Waals surface area contributed by atoms with E-state index in [4.69, 9.17) is 0 Å². The van der Waals surface area contributed by atoms with E-state index in [0.717, 1.165) is 13.1 Å². The minimum atomic E-state index is 0.876. The van der Waals surface area contributed by atoms with Crippen molar-refractivity contribution < 1.29 is 0 Å². The number of rotatable bonds is 8. The molecule has 1 N–H and O–H groups in total. The van der Waals surface area contributed by atoms with Crippen molar-refractivity contribution in [2.24, 2.45) is 0 Å². The molecular formula is C15H21N3S. The number of nitrogens with one attached hydrogen (secondary N) is 1. The van der Waals surface area contributed by atoms with Gasteiger partial charge in [0, 0.05) is 31.2 Å². The molecule has 0 aliphatic rings. The van der Waals surface area contributed by atoms with Crippen molar-refractivity contribution in [2.45, 2.75) is 19.9 Å². The first-order valence-electron chi connectivity index (χ1n) is 6.75. The van der Waals surface area contributed by atoms with E-state index in [1.807, 2.05) is 30.5 Å². The zero-order valence-corrected chi connectivity index (χ0v) is 12.2. The number of hydrogen-bond donors (Lipinski definition) is 1. The Bertz CT molecular complexity index is 468. The van der Waals surface area contributed by atoms with Crippen molar-refractivity contribution >= 4 is 17.4 Å². The predicted octanol–water partition coefficient (Wildman–Crippen LogP) is 3.49. The van der Waals surface area contributed by atoms with Crippen LogP contribution in [0.25, 0.3) is 0 Å². The molecule has 0 saturated carbocycles. The van der Waals surface area contributed by atoms with Crippen LogP contribution in [-0.4, -0.2) is 27.6 Å². The zero-order valence-electron chi connectivity index (χ0n) is 11.4. The Hall–Kier alpha value is -1.42. The monoisotopic (exact) mass is 275 g/mol. The number of benzene rings is 1. The Labute approximate surface area is 119 Å². The van der Waals surface area contributed by atoms with E-state index in [2.05, 4.69) is 46.1 Å². The number of aromatic nitrogens is 2. The van der Waals surface area contributed by atoms with Crippen LogP contribution in [0.1, 0.15) is 18.9 Å². The highest BCUT2D eigenvalue weighted by Crippen LogP contribution is 2.12. The minimum Gasteiger partial charge on any atom is -0.385 e. The second kappa shape index (κ2) is 7.89. The summed E-state index contributed by atoms with van der Waals surface area (Å²) in [6.45, 7) is 4.13. The number of nitrogens with zero attached hydrogens (tertiary/aromatic N) is 2. The summed E-state index contributed by atoms with van der Waals surface area (Å²) in [6, 6.07) is 8.60. The van der Waals surface area contributed by atoms with Crippen molar-refractivity contribution in [2.75, 3.05) is 23.4 Å². The lowest BCUT2D eigenvalue weighted by Crippen LogP contribution is -2.04. The Morgan fingerprint density at radius 3 is 3.11 bits per heavy atom. The van der Waals surface area contributed by atoms with E-state index >= 15 is 0 Å². The molecule has 0 amide bonds. The average molecular weight is 275 g/mol. The van der Waals surface area contributed by atoms with Gasteiger partial charge in [0.05, 0.1) is 6.33 Å². The van der Waals surface area contributed by atoms with E-state index in [9.17, 15) is 0 Å². The number of thioether (sulfide) groups is 1. The van der Waals surface area contributed by atoms with Gasteiger partial charge in [0.15, 0.2) is 0 Å². The molecule has 0 bridgehead atoms. The molecule has 2 aromatic rings. The highest BCUT2D eigenvalue weighted by Gasteiger charge is 1.97. The fraction of sp³-hybridized carbons (Fsp3) is 0.400. The van der Waals surface area contributed by atoms with Crippen LogP contribution in [0, 0.1) is 0 Å². The largest absolute Gasteiger partial charge is 0.385 e. The maximum Gasteiger partial charge on any atom is 0.0949 e. The molecule has 0 aliphatic carbocycles. The Balaban J connectivity index is 1.81. The second-order valence-corrected chi connectivity index (χ2v) is 5.81.